The third-order valence-electron chi connectivity index (χ3n) is 1.68. The minimum atomic E-state index is -1.85. The van der Waals surface area contributed by atoms with Crippen LogP contribution in [0.1, 0.15) is 20.7 Å². The van der Waals surface area contributed by atoms with Gasteiger partial charge in [-0.05, 0) is 51.2 Å². The van der Waals surface area contributed by atoms with Gasteiger partial charge in [-0.25, -0.2) is 9.59 Å². The molecule has 16 heavy (non-hydrogen) atoms. The quantitative estimate of drug-likeness (QED) is 0.439. The van der Waals surface area contributed by atoms with E-state index in [-0.39, 0.29) is 14.7 Å². The summed E-state index contributed by atoms with van der Waals surface area (Å²) in [7, 11) is 0. The average molecular weight is 560 g/mol. The van der Waals surface area contributed by atoms with Gasteiger partial charge in [0, 0.05) is 7.14 Å². The summed E-state index contributed by atoms with van der Waals surface area (Å²) in [6, 6.07) is 1.34. The lowest BCUT2D eigenvalue weighted by Crippen LogP contribution is -2.11. The summed E-state index contributed by atoms with van der Waals surface area (Å²) < 4.78 is 11.9. The molecule has 0 aliphatic carbocycles. The molecule has 0 radical (unpaired) electrons. The highest BCUT2D eigenvalue weighted by molar-refractivity contribution is 14.1. The molecular formula is C8H3I3O5. The van der Waals surface area contributed by atoms with E-state index in [4.69, 9.17) is 10.2 Å². The number of benzene rings is 1. The molecule has 0 amide bonds. The minimum Gasteiger partial charge on any atom is -0.478 e. The predicted octanol–water partition coefficient (Wildman–Crippen LogP) is 2.78. The molecule has 0 bridgehead atoms. The Morgan fingerprint density at radius 2 is 1.75 bits per heavy atom. The third kappa shape index (κ3) is 2.69. The van der Waals surface area contributed by atoms with E-state index in [1.807, 2.05) is 22.6 Å². The van der Waals surface area contributed by atoms with Crippen molar-refractivity contribution in [3.05, 3.63) is 27.9 Å². The number of hydrogen-bond donors (Lipinski definition) is 2. The zero-order valence-electron chi connectivity index (χ0n) is 7.33. The fraction of sp³-hybridized carbons (Fsp3) is 0. The molecule has 1 aromatic rings. The number of carbonyl (C=O) groups is 2. The van der Waals surface area contributed by atoms with Crippen LogP contribution in [0.5, 0.6) is 0 Å². The van der Waals surface area contributed by atoms with E-state index >= 15 is 0 Å². The Kier molecular flexibility index (Phi) is 5.03. The largest absolute Gasteiger partial charge is 0.478 e. The fourth-order valence-electron chi connectivity index (χ4n) is 1.03. The first kappa shape index (κ1) is 14.2. The van der Waals surface area contributed by atoms with E-state index in [0.717, 1.165) is 0 Å². The second-order valence-electron chi connectivity index (χ2n) is 2.60. The second kappa shape index (κ2) is 5.66. The van der Waals surface area contributed by atoms with E-state index in [1.54, 1.807) is 22.6 Å². The Bertz CT molecular complexity index is 497. The molecule has 0 heterocycles. The SMILES string of the molecule is O=Ic1c(C(=O)O)cc(I)c(I)c1C(=O)O. The molecule has 5 nitrogen and oxygen atoms in total. The number of hydrogen-bond acceptors (Lipinski definition) is 3. The van der Waals surface area contributed by atoms with E-state index in [2.05, 4.69) is 0 Å². The van der Waals surface area contributed by atoms with Gasteiger partial charge in [0.25, 0.3) is 0 Å². The maximum absolute atomic E-state index is 11.0. The summed E-state index contributed by atoms with van der Waals surface area (Å²) in [4.78, 5) is 21.9. The topological polar surface area (TPSA) is 91.7 Å². The average Bonchev–Trinajstić information content (AvgIpc) is 2.20. The third-order valence-corrected chi connectivity index (χ3v) is 6.24. The number of halogens is 3. The Hall–Kier alpha value is 0.150. The van der Waals surface area contributed by atoms with Crippen LogP contribution in [0.3, 0.4) is 0 Å². The van der Waals surface area contributed by atoms with Crippen LogP contribution in [0.25, 0.3) is 0 Å². The van der Waals surface area contributed by atoms with Gasteiger partial charge in [0.1, 0.15) is 0 Å². The minimum absolute atomic E-state index is 0.0661. The monoisotopic (exact) mass is 560 g/mol. The number of rotatable bonds is 3. The van der Waals surface area contributed by atoms with Crippen LogP contribution in [-0.4, -0.2) is 22.2 Å². The Balaban J connectivity index is 3.75. The van der Waals surface area contributed by atoms with Crippen molar-refractivity contribution in [2.45, 2.75) is 0 Å². The van der Waals surface area contributed by atoms with Crippen molar-refractivity contribution in [1.82, 2.24) is 0 Å². The molecule has 0 spiro atoms. The maximum Gasteiger partial charge on any atom is 0.338 e. The zero-order valence-corrected chi connectivity index (χ0v) is 13.8. The lowest BCUT2D eigenvalue weighted by Gasteiger charge is -2.07. The standard InChI is InChI=1S/C8H3I3O5/c9-3-1-2(7(12)13)6(11-16)4(5(3)10)8(14)15/h1H,(H,12,13)(H,14,15). The molecule has 0 unspecified atom stereocenters. The molecule has 0 aliphatic heterocycles. The van der Waals surface area contributed by atoms with Gasteiger partial charge >= 0.3 is 11.9 Å². The first-order valence-corrected chi connectivity index (χ1v) is 7.77. The molecule has 0 aromatic heterocycles. The van der Waals surface area contributed by atoms with Gasteiger partial charge in [0.05, 0.1) is 14.7 Å². The van der Waals surface area contributed by atoms with Crippen LogP contribution in [0.4, 0.5) is 0 Å². The first-order valence-electron chi connectivity index (χ1n) is 3.65. The molecule has 86 valence electrons. The van der Waals surface area contributed by atoms with Gasteiger partial charge in [-0.3, -0.25) is 3.07 Å². The molecular weight excluding hydrogens is 557 g/mol. The summed E-state index contributed by atoms with van der Waals surface area (Å²) in [5.41, 5.74) is -0.349. The molecule has 0 atom stereocenters. The van der Waals surface area contributed by atoms with E-state index in [0.29, 0.717) is 7.14 Å². The van der Waals surface area contributed by atoms with Crippen LogP contribution in [-0.2, 0) is 3.07 Å². The van der Waals surface area contributed by atoms with E-state index in [9.17, 15) is 12.7 Å². The lowest BCUT2D eigenvalue weighted by molar-refractivity contribution is 0.0694. The normalized spacial score (nSPS) is 10.1. The molecule has 8 heteroatoms. The first-order chi connectivity index (χ1) is 7.40. The van der Waals surface area contributed by atoms with Gasteiger partial charge in [-0.15, -0.1) is 0 Å². The smallest absolute Gasteiger partial charge is 0.338 e. The van der Waals surface area contributed by atoms with Crippen molar-refractivity contribution in [3.63, 3.8) is 0 Å². The summed E-state index contributed by atoms with van der Waals surface area (Å²) in [5.74, 6) is -2.52. The molecule has 0 saturated heterocycles. The second-order valence-corrected chi connectivity index (χ2v) is 6.36. The van der Waals surface area contributed by atoms with Crippen molar-refractivity contribution in [2.75, 3.05) is 0 Å². The summed E-state index contributed by atoms with van der Waals surface area (Å²) in [6.45, 7) is 0. The summed E-state index contributed by atoms with van der Waals surface area (Å²) >= 11 is 1.81. The highest BCUT2D eigenvalue weighted by Crippen LogP contribution is 2.29. The molecule has 1 aromatic carbocycles. The van der Waals surface area contributed by atoms with Gasteiger partial charge in [0.2, 0.25) is 0 Å². The predicted molar refractivity (Wildman–Crippen MR) is 79.2 cm³/mol. The van der Waals surface area contributed by atoms with Crippen molar-refractivity contribution in [2.24, 2.45) is 0 Å². The van der Waals surface area contributed by atoms with Crippen molar-refractivity contribution in [3.8, 4) is 0 Å². The lowest BCUT2D eigenvalue weighted by atomic mass is 10.1. The van der Waals surface area contributed by atoms with Crippen molar-refractivity contribution >= 4 is 78.3 Å². The van der Waals surface area contributed by atoms with Crippen molar-refractivity contribution < 1.29 is 22.9 Å². The maximum atomic E-state index is 11.0. The van der Waals surface area contributed by atoms with Crippen LogP contribution in [0.15, 0.2) is 6.07 Å². The summed E-state index contributed by atoms with van der Waals surface area (Å²) in [5, 5.41) is 17.9. The van der Waals surface area contributed by atoms with Gasteiger partial charge in [-0.2, -0.15) is 0 Å². The highest BCUT2D eigenvalue weighted by Gasteiger charge is 2.24. The molecule has 0 saturated carbocycles. The number of aromatic carboxylic acids is 2. The molecule has 2 N–H and O–H groups in total. The molecule has 0 aliphatic rings. The van der Waals surface area contributed by atoms with Crippen molar-refractivity contribution in [1.29, 1.82) is 0 Å². The van der Waals surface area contributed by atoms with E-state index in [1.165, 1.54) is 6.07 Å². The molecule has 1 rings (SSSR count). The fourth-order valence-corrected chi connectivity index (χ4v) is 4.12. The number of carboxylic acids is 2. The Morgan fingerprint density at radius 3 is 2.12 bits per heavy atom. The van der Waals surface area contributed by atoms with Crippen LogP contribution < -0.4 is 0 Å². The van der Waals surface area contributed by atoms with Crippen LogP contribution >= 0.6 is 66.4 Å². The van der Waals surface area contributed by atoms with E-state index < -0.39 is 33.1 Å². The highest BCUT2D eigenvalue weighted by atomic mass is 127. The van der Waals surface area contributed by atoms with Gasteiger partial charge in [0.15, 0.2) is 21.2 Å². The zero-order chi connectivity index (χ0) is 12.5. The molecule has 0 fully saturated rings. The van der Waals surface area contributed by atoms with Crippen LogP contribution in [0.2, 0.25) is 0 Å². The van der Waals surface area contributed by atoms with Gasteiger partial charge < -0.3 is 10.2 Å². The number of carboxylic acid groups (broad SMARTS) is 2. The van der Waals surface area contributed by atoms with Gasteiger partial charge in [-0.1, -0.05) is 0 Å². The van der Waals surface area contributed by atoms with Crippen LogP contribution in [0, 0.1) is 10.7 Å². The Morgan fingerprint density at radius 1 is 1.19 bits per heavy atom. The summed E-state index contributed by atoms with van der Waals surface area (Å²) in [6.07, 6.45) is 0. The Labute approximate surface area is 128 Å².